The number of rotatable bonds is 5. The summed E-state index contributed by atoms with van der Waals surface area (Å²) < 4.78 is 30.2. The lowest BCUT2D eigenvalue weighted by atomic mass is 9.97. The van der Waals surface area contributed by atoms with Crippen LogP contribution in [0.5, 0.6) is 5.75 Å². The monoisotopic (exact) mass is 429 g/mol. The molecule has 0 saturated carbocycles. The highest BCUT2D eigenvalue weighted by atomic mass is 32.2. The number of phenols is 1. The fourth-order valence-corrected chi connectivity index (χ4v) is 3.83. The molecule has 0 spiro atoms. The predicted molar refractivity (Wildman–Crippen MR) is 116 cm³/mol. The molecule has 0 aromatic heterocycles. The molecule has 2 aromatic carbocycles. The van der Waals surface area contributed by atoms with Crippen molar-refractivity contribution in [2.75, 3.05) is 12.4 Å². The van der Waals surface area contributed by atoms with Crippen molar-refractivity contribution in [3.63, 3.8) is 0 Å². The van der Waals surface area contributed by atoms with Gasteiger partial charge < -0.3 is 15.7 Å². The smallest absolute Gasteiger partial charge is 0.345 e. The van der Waals surface area contributed by atoms with Crippen molar-refractivity contribution >= 4 is 33.5 Å². The van der Waals surface area contributed by atoms with Gasteiger partial charge in [0.15, 0.2) is 17.4 Å². The molecule has 9 nitrogen and oxygen atoms in total. The van der Waals surface area contributed by atoms with E-state index >= 15 is 0 Å². The Hall–Kier alpha value is -3.40. The lowest BCUT2D eigenvalue weighted by molar-refractivity contribution is 0.0960. The number of phenolic OH excluding ortho intramolecular Hbond substituents is 1. The fourth-order valence-electron chi connectivity index (χ4n) is 3.01. The molecule has 2 aromatic rings. The Morgan fingerprint density at radius 1 is 1.13 bits per heavy atom. The topological polar surface area (TPSA) is 132 Å². The van der Waals surface area contributed by atoms with Gasteiger partial charge in [-0.3, -0.25) is 9.79 Å². The summed E-state index contributed by atoms with van der Waals surface area (Å²) in [5.74, 6) is -0.765. The second-order valence-electron chi connectivity index (χ2n) is 7.00. The number of para-hydroxylation sites is 1. The molecule has 3 rings (SSSR count). The van der Waals surface area contributed by atoms with Crippen LogP contribution in [0.25, 0.3) is 0 Å². The van der Waals surface area contributed by atoms with E-state index in [1.165, 1.54) is 19.2 Å². The highest BCUT2D eigenvalue weighted by molar-refractivity contribution is 7.89. The van der Waals surface area contributed by atoms with Crippen LogP contribution < -0.4 is 15.4 Å². The van der Waals surface area contributed by atoms with E-state index < -0.39 is 16.1 Å². The molecular weight excluding hydrogens is 406 g/mol. The molecule has 4 N–H and O–H groups in total. The summed E-state index contributed by atoms with van der Waals surface area (Å²) in [6.45, 7) is 3.96. The Bertz CT molecular complexity index is 1110. The number of nitrogens with zero attached hydrogens (tertiary/aromatic N) is 2. The molecule has 1 aliphatic rings. The van der Waals surface area contributed by atoms with Gasteiger partial charge in [-0.05, 0) is 23.6 Å². The van der Waals surface area contributed by atoms with Gasteiger partial charge in [-0.25, -0.2) is 4.72 Å². The van der Waals surface area contributed by atoms with Gasteiger partial charge in [0.25, 0.3) is 5.91 Å². The van der Waals surface area contributed by atoms with Crippen molar-refractivity contribution in [1.29, 1.82) is 0 Å². The molecule has 0 radical (unpaired) electrons. The molecule has 0 bridgehead atoms. The van der Waals surface area contributed by atoms with E-state index in [9.17, 15) is 18.3 Å². The third kappa shape index (κ3) is 4.60. The first kappa shape index (κ1) is 21.3. The van der Waals surface area contributed by atoms with E-state index in [0.29, 0.717) is 0 Å². The number of carbonyl (C=O) groups excluding carboxylic acids is 1. The minimum absolute atomic E-state index is 0.0299. The minimum Gasteiger partial charge on any atom is -0.505 e. The van der Waals surface area contributed by atoms with Crippen LogP contribution in [0.3, 0.4) is 0 Å². The summed E-state index contributed by atoms with van der Waals surface area (Å²) >= 11 is 0. The number of hydrogen-bond acceptors (Lipinski definition) is 6. The van der Waals surface area contributed by atoms with E-state index in [0.717, 1.165) is 5.56 Å². The Kier molecular flexibility index (Phi) is 6.06. The van der Waals surface area contributed by atoms with Gasteiger partial charge in [-0.2, -0.15) is 8.42 Å². The summed E-state index contributed by atoms with van der Waals surface area (Å²) in [4.78, 5) is 16.5. The fraction of sp³-hybridized carbons (Fsp3) is 0.250. The van der Waals surface area contributed by atoms with Crippen LogP contribution >= 0.6 is 0 Å². The molecule has 10 heteroatoms. The molecular formula is C20H23N5O4S. The number of nitrogens with one attached hydrogen (secondary N) is 3. The van der Waals surface area contributed by atoms with Crippen LogP contribution in [0.2, 0.25) is 0 Å². The standard InChI is InChI=1S/C20H23N5O4S/c1-12(2)16(13-8-5-4-6-9-13)23-19-18(24-30(28,29)25-19)22-15-11-7-10-14(17(15)26)20(27)21-3/h4-12,16,26H,1-3H3,(H,21,27)(H,22,24)(H,23,25)/t16-/m1/s1. The molecule has 0 fully saturated rings. The highest BCUT2D eigenvalue weighted by Crippen LogP contribution is 2.29. The third-order valence-corrected chi connectivity index (χ3v) is 5.34. The normalized spacial score (nSPS) is 17.3. The number of aliphatic imine (C=N–C) groups is 1. The van der Waals surface area contributed by atoms with Crippen molar-refractivity contribution in [3.8, 4) is 5.75 Å². The van der Waals surface area contributed by atoms with Crippen molar-refractivity contribution in [1.82, 2.24) is 10.0 Å². The molecule has 1 atom stereocenters. The predicted octanol–water partition coefficient (Wildman–Crippen LogP) is 2.21. The summed E-state index contributed by atoms with van der Waals surface area (Å²) in [7, 11) is -2.53. The minimum atomic E-state index is -3.98. The molecule has 158 valence electrons. The Balaban J connectivity index is 1.99. The van der Waals surface area contributed by atoms with Crippen LogP contribution in [0.15, 0.2) is 57.9 Å². The van der Waals surface area contributed by atoms with Crippen molar-refractivity contribution in [3.05, 3.63) is 59.7 Å². The van der Waals surface area contributed by atoms with Crippen LogP contribution in [-0.4, -0.2) is 38.2 Å². The maximum absolute atomic E-state index is 12.1. The number of carbonyl (C=O) groups is 1. The van der Waals surface area contributed by atoms with Crippen molar-refractivity contribution < 1.29 is 18.3 Å². The second-order valence-corrected chi connectivity index (χ2v) is 8.34. The first-order chi connectivity index (χ1) is 14.2. The number of aromatic hydroxyl groups is 1. The summed E-state index contributed by atoms with van der Waals surface area (Å²) in [6.07, 6.45) is 0. The quantitative estimate of drug-likeness (QED) is 0.541. The molecule has 0 aliphatic carbocycles. The van der Waals surface area contributed by atoms with Gasteiger partial charge in [0.05, 0.1) is 17.3 Å². The number of anilines is 1. The average Bonchev–Trinajstić information content (AvgIpc) is 3.00. The van der Waals surface area contributed by atoms with Gasteiger partial charge in [-0.1, -0.05) is 50.2 Å². The number of amides is 1. The summed E-state index contributed by atoms with van der Waals surface area (Å²) in [5, 5.41) is 15.6. The maximum atomic E-state index is 12.1. The van der Waals surface area contributed by atoms with Gasteiger partial charge in [0.2, 0.25) is 0 Å². The molecule has 0 unspecified atom stereocenters. The van der Waals surface area contributed by atoms with Crippen molar-refractivity contribution in [2.45, 2.75) is 19.9 Å². The van der Waals surface area contributed by atoms with Gasteiger partial charge in [0, 0.05) is 7.05 Å². The van der Waals surface area contributed by atoms with Crippen LogP contribution in [0, 0.1) is 5.92 Å². The lowest BCUT2D eigenvalue weighted by Gasteiger charge is -2.18. The lowest BCUT2D eigenvalue weighted by Crippen LogP contribution is -2.31. The number of amidine groups is 2. The Labute approximate surface area is 175 Å². The largest absolute Gasteiger partial charge is 0.505 e. The molecule has 1 aliphatic heterocycles. The number of hydrogen-bond donors (Lipinski definition) is 4. The van der Waals surface area contributed by atoms with Crippen molar-refractivity contribution in [2.24, 2.45) is 15.3 Å². The van der Waals surface area contributed by atoms with E-state index in [4.69, 9.17) is 0 Å². The summed E-state index contributed by atoms with van der Waals surface area (Å²) in [6, 6.07) is 13.7. The summed E-state index contributed by atoms with van der Waals surface area (Å²) in [5.41, 5.74) is 1.09. The zero-order valence-electron chi connectivity index (χ0n) is 16.7. The molecule has 1 heterocycles. The SMILES string of the molecule is CNC(=O)c1cccc(NC2=NS(=O)(=O)NC2=N[C@@H](c2ccccc2)C(C)C)c1O. The average molecular weight is 430 g/mol. The zero-order valence-corrected chi connectivity index (χ0v) is 17.6. The van der Waals surface area contributed by atoms with Gasteiger partial charge in [0.1, 0.15) is 0 Å². The van der Waals surface area contributed by atoms with Gasteiger partial charge >= 0.3 is 10.2 Å². The first-order valence-electron chi connectivity index (χ1n) is 9.28. The third-order valence-electron chi connectivity index (χ3n) is 4.46. The first-order valence-corrected chi connectivity index (χ1v) is 10.7. The van der Waals surface area contributed by atoms with E-state index in [-0.39, 0.29) is 40.6 Å². The molecule has 1 amide bonds. The highest BCUT2D eigenvalue weighted by Gasteiger charge is 2.29. The van der Waals surface area contributed by atoms with E-state index in [1.54, 1.807) is 6.07 Å². The van der Waals surface area contributed by atoms with Gasteiger partial charge in [-0.15, -0.1) is 4.40 Å². The molecule has 0 saturated heterocycles. The number of benzene rings is 2. The maximum Gasteiger partial charge on any atom is 0.345 e. The van der Waals surface area contributed by atoms with E-state index in [2.05, 4.69) is 24.7 Å². The Morgan fingerprint density at radius 3 is 2.47 bits per heavy atom. The van der Waals surface area contributed by atoms with E-state index in [1.807, 2.05) is 44.2 Å². The van der Waals surface area contributed by atoms with Crippen LogP contribution in [-0.2, 0) is 10.2 Å². The molecule has 30 heavy (non-hydrogen) atoms. The zero-order chi connectivity index (χ0) is 21.9. The van der Waals surface area contributed by atoms with Crippen LogP contribution in [0.4, 0.5) is 5.69 Å². The van der Waals surface area contributed by atoms with Crippen LogP contribution in [0.1, 0.15) is 35.8 Å². The Morgan fingerprint density at radius 2 is 1.83 bits per heavy atom. The second kappa shape index (κ2) is 8.54.